The van der Waals surface area contributed by atoms with Crippen LogP contribution in [0, 0.1) is 35.0 Å². The number of aliphatic hydroxyl groups excluding tert-OH is 1. The van der Waals surface area contributed by atoms with Crippen LogP contribution in [0.3, 0.4) is 0 Å². The van der Waals surface area contributed by atoms with Crippen LogP contribution in [0.1, 0.15) is 78.1 Å². The highest BCUT2D eigenvalue weighted by Gasteiger charge is 2.50. The molecule has 5 aliphatic rings. The summed E-state index contributed by atoms with van der Waals surface area (Å²) in [5.41, 5.74) is -2.05. The number of nitrogens with one attached hydrogen (secondary N) is 3. The summed E-state index contributed by atoms with van der Waals surface area (Å²) in [5.74, 6) is 0.752. The molecule has 11 nitrogen and oxygen atoms in total. The summed E-state index contributed by atoms with van der Waals surface area (Å²) >= 11 is 0. The molecule has 5 rings (SSSR count). The van der Waals surface area contributed by atoms with Gasteiger partial charge in [0.15, 0.2) is 0 Å². The Morgan fingerprint density at radius 2 is 1.71 bits per heavy atom. The van der Waals surface area contributed by atoms with E-state index in [1.165, 1.54) is 38.5 Å². The van der Waals surface area contributed by atoms with Gasteiger partial charge in [-0.05, 0) is 93.3 Å². The Bertz CT molecular complexity index is 965. The maximum absolute atomic E-state index is 13.1. The summed E-state index contributed by atoms with van der Waals surface area (Å²) in [6.07, 6.45) is 8.21. The fraction of sp³-hybridized carbons (Fsp3) is 0.885. The normalized spacial score (nSPS) is 32.5. The van der Waals surface area contributed by atoms with E-state index in [2.05, 4.69) is 16.0 Å². The average molecular weight is 558 g/mol. The third-order valence-corrected chi connectivity index (χ3v) is 9.96. The lowest BCUT2D eigenvalue weighted by atomic mass is 9.49. The molecule has 5 fully saturated rings. The van der Waals surface area contributed by atoms with Crippen LogP contribution in [0.15, 0.2) is 0 Å². The Labute approximate surface area is 225 Å². The third-order valence-electron chi connectivity index (χ3n) is 9.02. The second-order valence-electron chi connectivity index (χ2n) is 12.7. The molecule has 1 aliphatic heterocycles. The van der Waals surface area contributed by atoms with E-state index >= 15 is 0 Å². The second-order valence-corrected chi connectivity index (χ2v) is 14.2. The van der Waals surface area contributed by atoms with Crippen LogP contribution in [0.4, 0.5) is 4.79 Å². The molecule has 4 atom stereocenters. The van der Waals surface area contributed by atoms with Crippen LogP contribution in [0.2, 0.25) is 0 Å². The fourth-order valence-electron chi connectivity index (χ4n) is 7.76. The Balaban J connectivity index is 1.33. The minimum Gasteiger partial charge on any atom is -0.450 e. The smallest absolute Gasteiger partial charge is 0.407 e. The number of carbonyl (C=O) groups excluding carboxylic acids is 3. The van der Waals surface area contributed by atoms with Crippen molar-refractivity contribution >= 4 is 28.0 Å². The van der Waals surface area contributed by atoms with Gasteiger partial charge in [-0.25, -0.2) is 4.79 Å². The second kappa shape index (κ2) is 11.7. The van der Waals surface area contributed by atoms with Crippen molar-refractivity contribution in [3.63, 3.8) is 0 Å². The summed E-state index contributed by atoms with van der Waals surface area (Å²) in [5, 5.41) is 17.9. The van der Waals surface area contributed by atoms with Gasteiger partial charge in [-0.2, -0.15) is 8.42 Å². The standard InChI is InChI=1S/C26H43N3O8S/c1-15(2)7-20(23(31)28-21(24(32)38(34,35)36)11-19-3-5-27-22(19)30)29-25(33)37-6-4-26-12-16-8-17(13-26)10-18(9-16)14-26/h15-21,24,32H,3-14H2,1-2H3,(H,27,30)(H,28,31)(H,29,33)(H,34,35,36)/t16?,17?,18?,19-,20-,21-,24?,26?/m0/s1. The van der Waals surface area contributed by atoms with Gasteiger partial charge < -0.3 is 25.8 Å². The van der Waals surface area contributed by atoms with Crippen molar-refractivity contribution in [1.29, 1.82) is 0 Å². The number of rotatable bonds is 12. The van der Waals surface area contributed by atoms with Gasteiger partial charge in [0.25, 0.3) is 10.1 Å². The van der Waals surface area contributed by atoms with Crippen molar-refractivity contribution in [3.8, 4) is 0 Å². The highest BCUT2D eigenvalue weighted by atomic mass is 32.2. The maximum atomic E-state index is 13.1. The zero-order chi connectivity index (χ0) is 27.7. The molecule has 216 valence electrons. The van der Waals surface area contributed by atoms with E-state index < -0.39 is 45.6 Å². The molecule has 4 bridgehead atoms. The van der Waals surface area contributed by atoms with E-state index in [1.54, 1.807) is 0 Å². The van der Waals surface area contributed by atoms with Gasteiger partial charge >= 0.3 is 6.09 Å². The number of hydrogen-bond donors (Lipinski definition) is 5. The van der Waals surface area contributed by atoms with Crippen LogP contribution in [-0.4, -0.2) is 66.7 Å². The lowest BCUT2D eigenvalue weighted by molar-refractivity contribution is -0.126. The van der Waals surface area contributed by atoms with Crippen LogP contribution in [0.5, 0.6) is 0 Å². The van der Waals surface area contributed by atoms with Crippen molar-refractivity contribution in [2.45, 2.75) is 95.6 Å². The zero-order valence-corrected chi connectivity index (χ0v) is 23.2. The van der Waals surface area contributed by atoms with E-state index in [0.29, 0.717) is 13.0 Å². The van der Waals surface area contributed by atoms with E-state index in [9.17, 15) is 32.5 Å². The molecule has 0 radical (unpaired) electrons. The molecule has 1 saturated heterocycles. The van der Waals surface area contributed by atoms with E-state index in [-0.39, 0.29) is 36.7 Å². The van der Waals surface area contributed by atoms with Crippen LogP contribution >= 0.6 is 0 Å². The number of carbonyl (C=O) groups is 3. The molecule has 38 heavy (non-hydrogen) atoms. The molecule has 0 aromatic carbocycles. The molecule has 0 aromatic heterocycles. The first-order valence-corrected chi connectivity index (χ1v) is 15.5. The fourth-order valence-corrected chi connectivity index (χ4v) is 8.35. The maximum Gasteiger partial charge on any atom is 0.407 e. The number of alkyl carbamates (subject to hydrolysis) is 1. The third kappa shape index (κ3) is 7.18. The van der Waals surface area contributed by atoms with Gasteiger partial charge in [0.1, 0.15) is 6.04 Å². The molecular formula is C26H43N3O8S. The van der Waals surface area contributed by atoms with Gasteiger partial charge in [-0.3, -0.25) is 14.1 Å². The summed E-state index contributed by atoms with van der Waals surface area (Å²) in [6.45, 7) is 4.41. The van der Waals surface area contributed by atoms with E-state index in [1.807, 2.05) is 13.8 Å². The Hall–Kier alpha value is -1.92. The molecule has 1 heterocycles. The van der Waals surface area contributed by atoms with Gasteiger partial charge in [0.05, 0.1) is 12.6 Å². The van der Waals surface area contributed by atoms with Crippen LogP contribution < -0.4 is 16.0 Å². The summed E-state index contributed by atoms with van der Waals surface area (Å²) in [7, 11) is -4.91. The molecule has 1 unspecified atom stereocenters. The molecule has 0 aromatic rings. The van der Waals surface area contributed by atoms with Gasteiger partial charge in [0, 0.05) is 12.5 Å². The minimum atomic E-state index is -4.91. The lowest BCUT2D eigenvalue weighted by Gasteiger charge is -2.57. The Morgan fingerprint density at radius 3 is 2.21 bits per heavy atom. The minimum absolute atomic E-state index is 0.00336. The van der Waals surface area contributed by atoms with Crippen molar-refractivity contribution in [2.75, 3.05) is 13.2 Å². The largest absolute Gasteiger partial charge is 0.450 e. The molecule has 0 spiro atoms. The van der Waals surface area contributed by atoms with Gasteiger partial charge in [0.2, 0.25) is 17.3 Å². The van der Waals surface area contributed by atoms with E-state index in [4.69, 9.17) is 4.74 Å². The van der Waals surface area contributed by atoms with Crippen molar-refractivity contribution < 1.29 is 37.2 Å². The summed E-state index contributed by atoms with van der Waals surface area (Å²) in [4.78, 5) is 37.8. The van der Waals surface area contributed by atoms with Crippen LogP contribution in [-0.2, 0) is 24.4 Å². The number of ether oxygens (including phenoxy) is 1. The quantitative estimate of drug-likeness (QED) is 0.227. The van der Waals surface area contributed by atoms with Crippen molar-refractivity contribution in [1.82, 2.24) is 16.0 Å². The average Bonchev–Trinajstić information content (AvgIpc) is 3.20. The zero-order valence-electron chi connectivity index (χ0n) is 22.4. The molecular weight excluding hydrogens is 514 g/mol. The van der Waals surface area contributed by atoms with Gasteiger partial charge in [-0.1, -0.05) is 13.8 Å². The summed E-state index contributed by atoms with van der Waals surface area (Å²) in [6, 6.07) is -2.48. The van der Waals surface area contributed by atoms with Crippen LogP contribution in [0.25, 0.3) is 0 Å². The highest BCUT2D eigenvalue weighted by Crippen LogP contribution is 2.61. The van der Waals surface area contributed by atoms with E-state index in [0.717, 1.165) is 24.2 Å². The molecule has 4 aliphatic carbocycles. The summed E-state index contributed by atoms with van der Waals surface area (Å²) < 4.78 is 38.2. The van der Waals surface area contributed by atoms with Gasteiger partial charge in [-0.15, -0.1) is 0 Å². The predicted octanol–water partition coefficient (Wildman–Crippen LogP) is 1.95. The first kappa shape index (κ1) is 29.1. The highest BCUT2D eigenvalue weighted by molar-refractivity contribution is 7.86. The number of hydrogen-bond acceptors (Lipinski definition) is 7. The lowest BCUT2D eigenvalue weighted by Crippen LogP contribution is -2.55. The Morgan fingerprint density at radius 1 is 1.11 bits per heavy atom. The molecule has 5 N–H and O–H groups in total. The SMILES string of the molecule is CC(C)C[C@H](NC(=O)OCCC12CC3CC(CC(C3)C1)C2)C(=O)N[C@@H](C[C@@H]1CCNC1=O)C(O)S(=O)(=O)O. The molecule has 3 amide bonds. The number of aliphatic hydroxyl groups is 1. The predicted molar refractivity (Wildman–Crippen MR) is 138 cm³/mol. The topological polar surface area (TPSA) is 171 Å². The Kier molecular flexibility index (Phi) is 8.93. The molecule has 12 heteroatoms. The van der Waals surface area contributed by atoms with Crippen molar-refractivity contribution in [2.24, 2.45) is 35.0 Å². The molecule has 4 saturated carbocycles. The first-order valence-electron chi connectivity index (χ1n) is 14.0. The number of amides is 3. The monoisotopic (exact) mass is 557 g/mol. The first-order chi connectivity index (χ1) is 17.8. The van der Waals surface area contributed by atoms with Crippen molar-refractivity contribution in [3.05, 3.63) is 0 Å².